The third-order valence-corrected chi connectivity index (χ3v) is 9.43. The van der Waals surface area contributed by atoms with Gasteiger partial charge in [0.2, 0.25) is 0 Å². The molecule has 0 fully saturated rings. The summed E-state index contributed by atoms with van der Waals surface area (Å²) in [6, 6.07) is 66.0. The second kappa shape index (κ2) is 14.7. The first-order chi connectivity index (χ1) is 26.7. The first-order valence-electron chi connectivity index (χ1n) is 18.0. The van der Waals surface area contributed by atoms with Crippen LogP contribution in [0.5, 0.6) is 0 Å². The Bertz CT molecular complexity index is 2480. The lowest BCUT2D eigenvalue weighted by atomic mass is 9.92. The van der Waals surface area contributed by atoms with Gasteiger partial charge in [-0.1, -0.05) is 188 Å². The second-order valence-electron chi connectivity index (χ2n) is 13.0. The van der Waals surface area contributed by atoms with Crippen molar-refractivity contribution in [3.63, 3.8) is 0 Å². The Labute approximate surface area is 314 Å². The zero-order valence-electron chi connectivity index (χ0n) is 29.3. The number of hydrogen-bond donors (Lipinski definition) is 1. The van der Waals surface area contributed by atoms with Gasteiger partial charge < -0.3 is 5.32 Å². The molecule has 0 aliphatic carbocycles. The third-order valence-electron chi connectivity index (χ3n) is 9.43. The van der Waals surface area contributed by atoms with Gasteiger partial charge in [-0.2, -0.15) is 0 Å². The molecule has 6 heteroatoms. The molecule has 54 heavy (non-hydrogen) atoms. The van der Waals surface area contributed by atoms with Crippen molar-refractivity contribution < 1.29 is 0 Å². The lowest BCUT2D eigenvalue weighted by molar-refractivity contribution is 0.757. The minimum absolute atomic E-state index is 0.485. The molecule has 0 bridgehead atoms. The van der Waals surface area contributed by atoms with Crippen molar-refractivity contribution in [3.8, 4) is 56.4 Å². The summed E-state index contributed by atoms with van der Waals surface area (Å²) in [6.07, 6.45) is -0.485. The number of hydrogen-bond acceptors (Lipinski definition) is 6. The molecule has 1 aliphatic rings. The van der Waals surface area contributed by atoms with Crippen LogP contribution in [0.2, 0.25) is 0 Å². The molecule has 2 heterocycles. The zero-order valence-corrected chi connectivity index (χ0v) is 29.3. The quantitative estimate of drug-likeness (QED) is 0.172. The highest BCUT2D eigenvalue weighted by atomic mass is 15.2. The van der Waals surface area contributed by atoms with Crippen LogP contribution in [-0.4, -0.2) is 26.6 Å². The fourth-order valence-electron chi connectivity index (χ4n) is 6.65. The summed E-state index contributed by atoms with van der Waals surface area (Å²) in [6.45, 7) is 0. The van der Waals surface area contributed by atoms with E-state index in [0.717, 1.165) is 67.3 Å². The predicted octanol–water partition coefficient (Wildman–Crippen LogP) is 10.7. The summed E-state index contributed by atoms with van der Waals surface area (Å²) >= 11 is 0. The summed E-state index contributed by atoms with van der Waals surface area (Å²) in [5.41, 5.74) is 10.1. The van der Waals surface area contributed by atoms with Crippen LogP contribution < -0.4 is 5.32 Å². The van der Waals surface area contributed by atoms with Crippen molar-refractivity contribution in [2.24, 2.45) is 9.98 Å². The van der Waals surface area contributed by atoms with Gasteiger partial charge in [0.05, 0.1) is 0 Å². The summed E-state index contributed by atoms with van der Waals surface area (Å²) in [5, 5.41) is 3.52. The standard InChI is InChI=1S/C48H34N6/c1-6-16-33(17-7-1)40-30-31-41(48-53-45(37-22-12-4-13-23-37)52-46(54-48)38-24-14-5-15-25-38)42(32-40)34-26-28-39(29-27-34)47-50-43(35-18-8-2-9-19-35)49-44(51-47)36-20-10-3-11-21-36/h1-32,48H,(H,52,53,54). The van der Waals surface area contributed by atoms with Crippen molar-refractivity contribution in [2.45, 2.75) is 6.17 Å². The van der Waals surface area contributed by atoms with Gasteiger partial charge in [-0.05, 0) is 28.3 Å². The van der Waals surface area contributed by atoms with E-state index in [1.807, 2.05) is 103 Å². The molecule has 1 N–H and O–H groups in total. The molecule has 0 amide bonds. The van der Waals surface area contributed by atoms with Gasteiger partial charge >= 0.3 is 0 Å². The van der Waals surface area contributed by atoms with E-state index in [2.05, 4.69) is 96.3 Å². The van der Waals surface area contributed by atoms with E-state index in [1.165, 1.54) is 0 Å². The molecule has 0 radical (unpaired) electrons. The number of benzene rings is 7. The summed E-state index contributed by atoms with van der Waals surface area (Å²) in [5.74, 6) is 3.43. The van der Waals surface area contributed by atoms with Crippen LogP contribution in [-0.2, 0) is 0 Å². The van der Waals surface area contributed by atoms with E-state index in [0.29, 0.717) is 17.5 Å². The second-order valence-corrected chi connectivity index (χ2v) is 13.0. The Morgan fingerprint density at radius 1 is 0.315 bits per heavy atom. The highest BCUT2D eigenvalue weighted by Gasteiger charge is 2.24. The number of nitrogens with one attached hydrogen (secondary N) is 1. The smallest absolute Gasteiger partial charge is 0.170 e. The molecule has 1 aromatic heterocycles. The molecule has 0 atom stereocenters. The number of nitrogens with zero attached hydrogens (tertiary/aromatic N) is 5. The van der Waals surface area contributed by atoms with E-state index in [9.17, 15) is 0 Å². The van der Waals surface area contributed by atoms with E-state index >= 15 is 0 Å². The number of rotatable bonds is 8. The molecular formula is C48H34N6. The molecule has 7 aromatic carbocycles. The molecule has 8 aromatic rings. The van der Waals surface area contributed by atoms with Crippen molar-refractivity contribution in [1.82, 2.24) is 20.3 Å². The predicted molar refractivity (Wildman–Crippen MR) is 219 cm³/mol. The van der Waals surface area contributed by atoms with Crippen LogP contribution in [0, 0.1) is 0 Å². The van der Waals surface area contributed by atoms with Crippen LogP contribution in [0.25, 0.3) is 56.4 Å². The average molecular weight is 695 g/mol. The maximum Gasteiger partial charge on any atom is 0.170 e. The first kappa shape index (κ1) is 32.6. The fraction of sp³-hybridized carbons (Fsp3) is 0.0208. The SMILES string of the molecule is c1ccc(C2=NC(c3ccc(-c4ccccc4)cc3-c3ccc(-c4nc(-c5ccccc5)nc(-c5ccccc5)n4)cc3)N=C(c3ccccc3)N2)cc1. The molecular weight excluding hydrogens is 661 g/mol. The van der Waals surface area contributed by atoms with E-state index in [-0.39, 0.29) is 0 Å². The van der Waals surface area contributed by atoms with E-state index in [4.69, 9.17) is 24.9 Å². The molecule has 256 valence electrons. The third kappa shape index (κ3) is 6.84. The largest absolute Gasteiger partial charge is 0.324 e. The van der Waals surface area contributed by atoms with Crippen molar-refractivity contribution in [2.75, 3.05) is 0 Å². The Morgan fingerprint density at radius 3 is 1.11 bits per heavy atom. The van der Waals surface area contributed by atoms with Gasteiger partial charge in [-0.3, -0.25) is 0 Å². The molecule has 0 unspecified atom stereocenters. The van der Waals surface area contributed by atoms with Crippen LogP contribution in [0.3, 0.4) is 0 Å². The zero-order chi connectivity index (χ0) is 36.1. The summed E-state index contributed by atoms with van der Waals surface area (Å²) in [7, 11) is 0. The van der Waals surface area contributed by atoms with Gasteiger partial charge in [0.15, 0.2) is 23.6 Å². The number of aliphatic imine (C=N–C) groups is 2. The van der Waals surface area contributed by atoms with Crippen LogP contribution >= 0.6 is 0 Å². The van der Waals surface area contributed by atoms with Crippen LogP contribution in [0.15, 0.2) is 204 Å². The van der Waals surface area contributed by atoms with Gasteiger partial charge in [0.25, 0.3) is 0 Å². The number of aromatic nitrogens is 3. The van der Waals surface area contributed by atoms with E-state index in [1.54, 1.807) is 0 Å². The van der Waals surface area contributed by atoms with Gasteiger partial charge in [-0.25, -0.2) is 24.9 Å². The van der Waals surface area contributed by atoms with Gasteiger partial charge in [-0.15, -0.1) is 0 Å². The topological polar surface area (TPSA) is 75.4 Å². The lowest BCUT2D eigenvalue weighted by Crippen LogP contribution is -2.36. The maximum absolute atomic E-state index is 5.22. The molecule has 0 saturated carbocycles. The Kier molecular flexibility index (Phi) is 8.89. The monoisotopic (exact) mass is 694 g/mol. The maximum atomic E-state index is 5.22. The molecule has 6 nitrogen and oxygen atoms in total. The summed E-state index contributed by atoms with van der Waals surface area (Å²) in [4.78, 5) is 25.2. The minimum atomic E-state index is -0.485. The summed E-state index contributed by atoms with van der Waals surface area (Å²) < 4.78 is 0. The fourth-order valence-corrected chi connectivity index (χ4v) is 6.65. The normalized spacial score (nSPS) is 12.7. The Hall–Kier alpha value is -7.31. The van der Waals surface area contributed by atoms with Gasteiger partial charge in [0.1, 0.15) is 11.7 Å². The Balaban J connectivity index is 1.17. The van der Waals surface area contributed by atoms with Crippen LogP contribution in [0.4, 0.5) is 0 Å². The first-order valence-corrected chi connectivity index (χ1v) is 18.0. The lowest BCUT2D eigenvalue weighted by Gasteiger charge is -2.24. The molecule has 9 rings (SSSR count). The van der Waals surface area contributed by atoms with Crippen molar-refractivity contribution in [3.05, 3.63) is 211 Å². The Morgan fingerprint density at radius 2 is 0.667 bits per heavy atom. The highest BCUT2D eigenvalue weighted by molar-refractivity contribution is 6.16. The average Bonchev–Trinajstić information content (AvgIpc) is 3.27. The molecule has 1 aliphatic heterocycles. The van der Waals surface area contributed by atoms with Crippen molar-refractivity contribution in [1.29, 1.82) is 0 Å². The molecule has 0 saturated heterocycles. The van der Waals surface area contributed by atoms with Gasteiger partial charge in [0, 0.05) is 33.4 Å². The van der Waals surface area contributed by atoms with E-state index < -0.39 is 6.17 Å². The molecule has 0 spiro atoms. The van der Waals surface area contributed by atoms with Crippen molar-refractivity contribution >= 4 is 11.7 Å². The number of amidine groups is 2. The van der Waals surface area contributed by atoms with Crippen LogP contribution in [0.1, 0.15) is 22.9 Å². The highest BCUT2D eigenvalue weighted by Crippen LogP contribution is 2.37. The minimum Gasteiger partial charge on any atom is -0.324 e.